The second-order valence-electron chi connectivity index (χ2n) is 15.5. The van der Waals surface area contributed by atoms with Gasteiger partial charge in [0.25, 0.3) is 5.91 Å². The summed E-state index contributed by atoms with van der Waals surface area (Å²) in [6, 6.07) is 13.7. The lowest BCUT2D eigenvalue weighted by atomic mass is 9.90. The second kappa shape index (κ2) is 16.1. The quantitative estimate of drug-likeness (QED) is 0.0938. The summed E-state index contributed by atoms with van der Waals surface area (Å²) in [7, 11) is 1.39. The van der Waals surface area contributed by atoms with E-state index in [1.807, 2.05) is 45.0 Å². The molecule has 1 saturated carbocycles. The minimum absolute atomic E-state index is 0.0386. The lowest BCUT2D eigenvalue weighted by Crippen LogP contribution is -2.51. The Bertz CT molecular complexity index is 2080. The van der Waals surface area contributed by atoms with Crippen LogP contribution in [0.2, 0.25) is 0 Å². The van der Waals surface area contributed by atoms with Crippen molar-refractivity contribution >= 4 is 29.3 Å². The van der Waals surface area contributed by atoms with Crippen LogP contribution in [0.4, 0.5) is 39.5 Å². The van der Waals surface area contributed by atoms with E-state index in [1.165, 1.54) is 20.1 Å². The Morgan fingerprint density at radius 2 is 1.65 bits per heavy atom. The molecule has 5 N–H and O–H groups in total. The summed E-state index contributed by atoms with van der Waals surface area (Å²) in [5, 5.41) is 15.3. The Balaban J connectivity index is 1.05. The van der Waals surface area contributed by atoms with Crippen LogP contribution in [0, 0.1) is 12.3 Å². The van der Waals surface area contributed by atoms with Gasteiger partial charge in [0.1, 0.15) is 17.2 Å². The number of Topliss-reactive ketones (excluding diaryl/α,β-unsaturated/α-hetero) is 1. The fourth-order valence-corrected chi connectivity index (χ4v) is 6.24. The molecule has 3 aromatic rings. The number of rotatable bonds is 17. The first-order valence-corrected chi connectivity index (χ1v) is 18.4. The number of allylic oxidation sites excluding steroid dienone is 2. The monoisotopic (exact) mass is 796 g/mol. The molecule has 17 heteroatoms. The van der Waals surface area contributed by atoms with E-state index >= 15 is 0 Å². The molecule has 0 aliphatic heterocycles. The number of halogens is 5. The second-order valence-corrected chi connectivity index (χ2v) is 15.5. The molecular weight excluding hydrogens is 751 g/mol. The van der Waals surface area contributed by atoms with Gasteiger partial charge in [-0.2, -0.15) is 28.1 Å². The molecule has 3 aliphatic rings. The summed E-state index contributed by atoms with van der Waals surface area (Å²) in [4.78, 5) is 38.4. The number of benzene rings is 2. The van der Waals surface area contributed by atoms with E-state index in [9.17, 15) is 31.5 Å². The number of ketones is 1. The zero-order chi connectivity index (χ0) is 41.2. The standard InChI is InChI=1S/C40H45F5N8O4/c1-23-6-10-26(11-7-23)39(16-17-39)53-35-50-34(51-36(52-35)57-22-40(43,44)45)49-27-12-8-24(9-13-27)33(55)48-21-37(2,3)20-47-29-30(32(56-5)31(29)54)46-19-25-14-15-38(4,42)18-28(25)41/h6-14,18,32,46-47H,15-17,19-22H2,1-5H3,(H,48,55)(H2,49,50,51,52,53). The number of nitrogens with one attached hydrogen (secondary N) is 5. The summed E-state index contributed by atoms with van der Waals surface area (Å²) in [5.41, 5.74) is 1.15. The highest BCUT2D eigenvalue weighted by atomic mass is 19.4. The molecule has 2 atom stereocenters. The molecule has 1 heterocycles. The van der Waals surface area contributed by atoms with Crippen LogP contribution in [0.5, 0.6) is 6.01 Å². The first-order chi connectivity index (χ1) is 26.8. The third kappa shape index (κ3) is 10.4. The summed E-state index contributed by atoms with van der Waals surface area (Å²) < 4.78 is 77.7. The molecular formula is C40H45F5N8O4. The lowest BCUT2D eigenvalue weighted by Gasteiger charge is -2.35. The van der Waals surface area contributed by atoms with Crippen LogP contribution in [0.3, 0.4) is 0 Å². The maximum Gasteiger partial charge on any atom is 0.422 e. The maximum absolute atomic E-state index is 14.4. The van der Waals surface area contributed by atoms with Gasteiger partial charge < -0.3 is 36.1 Å². The molecule has 304 valence electrons. The number of ether oxygens (including phenoxy) is 2. The van der Waals surface area contributed by atoms with Gasteiger partial charge in [-0.15, -0.1) is 0 Å². The number of aryl methyl sites for hydroxylation is 1. The van der Waals surface area contributed by atoms with Crippen molar-refractivity contribution in [3.05, 3.63) is 100 Å². The topological polar surface area (TPSA) is 151 Å². The van der Waals surface area contributed by atoms with Crippen molar-refractivity contribution in [2.24, 2.45) is 5.41 Å². The van der Waals surface area contributed by atoms with Crippen molar-refractivity contribution < 1.29 is 41.0 Å². The molecule has 1 aromatic heterocycles. The molecule has 0 radical (unpaired) electrons. The smallest absolute Gasteiger partial charge is 0.422 e. The van der Waals surface area contributed by atoms with Crippen LogP contribution in [0.25, 0.3) is 0 Å². The van der Waals surface area contributed by atoms with E-state index in [-0.39, 0.29) is 48.7 Å². The molecule has 12 nitrogen and oxygen atoms in total. The Labute approximate surface area is 326 Å². The molecule has 0 bridgehead atoms. The maximum atomic E-state index is 14.4. The van der Waals surface area contributed by atoms with Gasteiger partial charge in [-0.05, 0) is 68.0 Å². The van der Waals surface area contributed by atoms with Gasteiger partial charge in [0.2, 0.25) is 17.7 Å². The van der Waals surface area contributed by atoms with Gasteiger partial charge in [-0.1, -0.05) is 49.8 Å². The molecule has 3 aliphatic carbocycles. The number of methoxy groups -OCH3 is 1. The number of nitrogens with zero attached hydrogens (tertiary/aromatic N) is 3. The van der Waals surface area contributed by atoms with Crippen LogP contribution < -0.4 is 31.3 Å². The third-order valence-corrected chi connectivity index (χ3v) is 9.76. The Hall–Kier alpha value is -5.58. The minimum atomic E-state index is -4.60. The normalized spacial score (nSPS) is 20.2. The molecule has 1 amide bonds. The molecule has 2 unspecified atom stereocenters. The van der Waals surface area contributed by atoms with Crippen LogP contribution in [-0.4, -0.2) is 77.9 Å². The number of carbonyl (C=O) groups excluding carboxylic acids is 2. The van der Waals surface area contributed by atoms with Crippen LogP contribution in [0.1, 0.15) is 61.5 Å². The highest BCUT2D eigenvalue weighted by molar-refractivity contribution is 6.08. The Morgan fingerprint density at radius 1 is 0.965 bits per heavy atom. The summed E-state index contributed by atoms with van der Waals surface area (Å²) >= 11 is 0. The number of hydrogen-bond donors (Lipinski definition) is 5. The number of amides is 1. The van der Waals surface area contributed by atoms with Gasteiger partial charge in [0.15, 0.2) is 12.7 Å². The highest BCUT2D eigenvalue weighted by Gasteiger charge is 2.45. The number of alkyl halides is 4. The largest absolute Gasteiger partial charge is 0.454 e. The number of carbonyl (C=O) groups is 2. The van der Waals surface area contributed by atoms with Crippen LogP contribution >= 0.6 is 0 Å². The number of anilines is 3. The average molecular weight is 797 g/mol. The van der Waals surface area contributed by atoms with Crippen molar-refractivity contribution in [2.45, 2.75) is 70.4 Å². The summed E-state index contributed by atoms with van der Waals surface area (Å²) in [6.45, 7) is 6.05. The summed E-state index contributed by atoms with van der Waals surface area (Å²) in [6.07, 6.45) is -1.43. The van der Waals surface area contributed by atoms with E-state index in [2.05, 4.69) is 41.5 Å². The van der Waals surface area contributed by atoms with E-state index in [0.29, 0.717) is 29.2 Å². The molecule has 6 rings (SSSR count). The molecule has 57 heavy (non-hydrogen) atoms. The van der Waals surface area contributed by atoms with E-state index < -0.39 is 47.3 Å². The van der Waals surface area contributed by atoms with Crippen LogP contribution in [-0.2, 0) is 15.1 Å². The molecule has 0 saturated heterocycles. The van der Waals surface area contributed by atoms with Gasteiger partial charge in [0.05, 0.1) is 11.2 Å². The predicted octanol–water partition coefficient (Wildman–Crippen LogP) is 6.62. The fraction of sp³-hybridized carbons (Fsp3) is 0.425. The average Bonchev–Trinajstić information content (AvgIpc) is 3.92. The highest BCUT2D eigenvalue weighted by Crippen LogP contribution is 2.48. The predicted molar refractivity (Wildman–Crippen MR) is 203 cm³/mol. The SMILES string of the molecule is COC1C(=O)C(NCC(C)(C)CNC(=O)c2ccc(Nc3nc(NC4(c5ccc(C)cc5)CC4)nc(OCC(F)(F)F)n3)cc2)=C1NCC1=CCC(C)(F)C=C1F. The molecule has 0 spiro atoms. The van der Waals surface area contributed by atoms with E-state index in [0.717, 1.165) is 30.0 Å². The first kappa shape index (κ1) is 41.1. The zero-order valence-electron chi connectivity index (χ0n) is 32.2. The van der Waals surface area contributed by atoms with Crippen molar-refractivity contribution in [3.8, 4) is 6.01 Å². The van der Waals surface area contributed by atoms with Gasteiger partial charge in [-0.25, -0.2) is 8.78 Å². The minimum Gasteiger partial charge on any atom is -0.454 e. The van der Waals surface area contributed by atoms with Crippen molar-refractivity contribution in [1.29, 1.82) is 0 Å². The van der Waals surface area contributed by atoms with E-state index in [4.69, 9.17) is 9.47 Å². The third-order valence-electron chi connectivity index (χ3n) is 9.76. The van der Waals surface area contributed by atoms with Crippen LogP contribution in [0.15, 0.2) is 83.5 Å². The van der Waals surface area contributed by atoms with Gasteiger partial charge in [-0.3, -0.25) is 9.59 Å². The number of hydrogen-bond acceptors (Lipinski definition) is 11. The first-order valence-electron chi connectivity index (χ1n) is 18.4. The fourth-order valence-electron chi connectivity index (χ4n) is 6.24. The number of aromatic nitrogens is 3. The molecule has 2 aromatic carbocycles. The van der Waals surface area contributed by atoms with Crippen molar-refractivity contribution in [3.63, 3.8) is 0 Å². The zero-order valence-corrected chi connectivity index (χ0v) is 32.2. The van der Waals surface area contributed by atoms with Crippen molar-refractivity contribution in [1.82, 2.24) is 30.9 Å². The summed E-state index contributed by atoms with van der Waals surface area (Å²) in [5.74, 6) is -1.33. The van der Waals surface area contributed by atoms with E-state index in [1.54, 1.807) is 24.3 Å². The Morgan fingerprint density at radius 3 is 2.28 bits per heavy atom. The molecule has 1 fully saturated rings. The Kier molecular flexibility index (Phi) is 11.6. The van der Waals surface area contributed by atoms with Crippen molar-refractivity contribution in [2.75, 3.05) is 44.0 Å². The van der Waals surface area contributed by atoms with Gasteiger partial charge >= 0.3 is 12.2 Å². The van der Waals surface area contributed by atoms with Gasteiger partial charge in [0, 0.05) is 50.0 Å². The lowest BCUT2D eigenvalue weighted by molar-refractivity contribution is -0.154.